The number of thiophene rings is 1. The normalized spacial score (nSPS) is 15.0. The predicted molar refractivity (Wildman–Crippen MR) is 132 cm³/mol. The van der Waals surface area contributed by atoms with Gasteiger partial charge >= 0.3 is 0 Å². The van der Waals surface area contributed by atoms with Crippen molar-refractivity contribution in [2.45, 2.75) is 6.54 Å². The Balaban J connectivity index is 1.17. The molecule has 0 radical (unpaired) electrons. The van der Waals surface area contributed by atoms with Gasteiger partial charge in [0.25, 0.3) is 5.56 Å². The molecule has 1 fully saturated rings. The second-order valence-corrected chi connectivity index (χ2v) is 9.35. The molecule has 0 saturated carbocycles. The van der Waals surface area contributed by atoms with Crippen LogP contribution in [0.25, 0.3) is 20.7 Å². The number of benzene rings is 2. The Morgan fingerprint density at radius 3 is 2.47 bits per heavy atom. The van der Waals surface area contributed by atoms with Crippen molar-refractivity contribution in [2.24, 2.45) is 0 Å². The van der Waals surface area contributed by atoms with Crippen molar-refractivity contribution >= 4 is 33.1 Å². The number of nitrogens with zero attached hydrogens (tertiary/aromatic N) is 3. The van der Waals surface area contributed by atoms with Crippen molar-refractivity contribution in [3.8, 4) is 10.4 Å². The molecule has 34 heavy (non-hydrogen) atoms. The van der Waals surface area contributed by atoms with Crippen LogP contribution in [0, 0.1) is 5.82 Å². The molecule has 2 aromatic carbocycles. The zero-order valence-electron chi connectivity index (χ0n) is 18.5. The highest BCUT2D eigenvalue weighted by atomic mass is 32.1. The fraction of sp³-hybridized carbons (Fsp3) is 0.240. The summed E-state index contributed by atoms with van der Waals surface area (Å²) >= 11 is 1.53. The number of H-pyrrole nitrogens is 1. The largest absolute Gasteiger partial charge is 0.325 e. The van der Waals surface area contributed by atoms with E-state index in [2.05, 4.69) is 20.1 Å². The van der Waals surface area contributed by atoms with Crippen molar-refractivity contribution in [1.82, 2.24) is 19.8 Å². The first-order valence-electron chi connectivity index (χ1n) is 11.1. The van der Waals surface area contributed by atoms with Gasteiger partial charge in [-0.3, -0.25) is 19.4 Å². The fourth-order valence-electron chi connectivity index (χ4n) is 4.05. The number of aromatic amines is 1. The van der Waals surface area contributed by atoms with E-state index in [1.54, 1.807) is 12.1 Å². The average molecular weight is 478 g/mol. The molecule has 7 nitrogen and oxygen atoms in total. The monoisotopic (exact) mass is 477 g/mol. The summed E-state index contributed by atoms with van der Waals surface area (Å²) in [5.41, 5.74) is 1.54. The summed E-state index contributed by atoms with van der Waals surface area (Å²) < 4.78 is 13.0. The molecule has 0 bridgehead atoms. The third-order valence-corrected chi connectivity index (χ3v) is 6.92. The van der Waals surface area contributed by atoms with Crippen molar-refractivity contribution in [3.05, 3.63) is 82.7 Å². The molecule has 0 spiro atoms. The zero-order chi connectivity index (χ0) is 23.5. The number of anilines is 1. The summed E-state index contributed by atoms with van der Waals surface area (Å²) in [4.78, 5) is 38.7. The standard InChI is InChI=1S/C25H24FN5O2S/c26-18-6-8-19(9-7-18)27-23(32)16-31-12-10-30(11-13-31)15-22-28-24(33)20-14-21(34-25(20)29-22)17-4-2-1-3-5-17/h1-9,14H,10-13,15-16H2,(H,27,32)(H,28,29,33). The molecule has 174 valence electrons. The van der Waals surface area contributed by atoms with Crippen molar-refractivity contribution < 1.29 is 9.18 Å². The van der Waals surface area contributed by atoms with Crippen molar-refractivity contribution in [3.63, 3.8) is 0 Å². The summed E-state index contributed by atoms with van der Waals surface area (Å²) in [6.07, 6.45) is 0. The summed E-state index contributed by atoms with van der Waals surface area (Å²) in [5, 5.41) is 3.41. The highest BCUT2D eigenvalue weighted by Gasteiger charge is 2.20. The van der Waals surface area contributed by atoms with Gasteiger partial charge in [0.15, 0.2) is 0 Å². The molecule has 2 N–H and O–H groups in total. The topological polar surface area (TPSA) is 81.3 Å². The molecule has 1 amide bonds. The van der Waals surface area contributed by atoms with Crippen LogP contribution in [0.4, 0.5) is 10.1 Å². The van der Waals surface area contributed by atoms with E-state index in [0.717, 1.165) is 41.5 Å². The minimum absolute atomic E-state index is 0.116. The molecule has 9 heteroatoms. The molecule has 0 atom stereocenters. The van der Waals surface area contributed by atoms with Crippen LogP contribution in [0.5, 0.6) is 0 Å². The Bertz CT molecular complexity index is 1350. The van der Waals surface area contributed by atoms with Gasteiger partial charge < -0.3 is 10.3 Å². The van der Waals surface area contributed by atoms with Crippen molar-refractivity contribution in [2.75, 3.05) is 38.0 Å². The van der Waals surface area contributed by atoms with Gasteiger partial charge in [-0.15, -0.1) is 11.3 Å². The molecule has 5 rings (SSSR count). The van der Waals surface area contributed by atoms with Gasteiger partial charge in [-0.25, -0.2) is 9.37 Å². The van der Waals surface area contributed by atoms with E-state index in [1.165, 1.54) is 23.5 Å². The summed E-state index contributed by atoms with van der Waals surface area (Å²) in [6, 6.07) is 17.6. The van der Waals surface area contributed by atoms with Gasteiger partial charge in [0.05, 0.1) is 18.5 Å². The maximum Gasteiger partial charge on any atom is 0.259 e. The summed E-state index contributed by atoms with van der Waals surface area (Å²) in [5.74, 6) is 0.199. The van der Waals surface area contributed by atoms with Crippen LogP contribution >= 0.6 is 11.3 Å². The molecule has 4 aromatic rings. The van der Waals surface area contributed by atoms with Gasteiger partial charge in [0.2, 0.25) is 5.91 Å². The Labute approximate surface area is 199 Å². The number of piperazine rings is 1. The molecule has 0 aliphatic carbocycles. The third-order valence-electron chi connectivity index (χ3n) is 5.84. The highest BCUT2D eigenvalue weighted by Crippen LogP contribution is 2.30. The minimum Gasteiger partial charge on any atom is -0.325 e. The van der Waals surface area contributed by atoms with E-state index in [9.17, 15) is 14.0 Å². The van der Waals surface area contributed by atoms with E-state index in [4.69, 9.17) is 4.98 Å². The maximum absolute atomic E-state index is 13.0. The van der Waals surface area contributed by atoms with Crippen LogP contribution in [0.2, 0.25) is 0 Å². The van der Waals surface area contributed by atoms with Crippen molar-refractivity contribution in [1.29, 1.82) is 0 Å². The lowest BCUT2D eigenvalue weighted by Gasteiger charge is -2.33. The average Bonchev–Trinajstić information content (AvgIpc) is 3.27. The smallest absolute Gasteiger partial charge is 0.259 e. The highest BCUT2D eigenvalue weighted by molar-refractivity contribution is 7.21. The third kappa shape index (κ3) is 5.22. The molecular formula is C25H24FN5O2S. The Morgan fingerprint density at radius 2 is 1.74 bits per heavy atom. The molecule has 1 aliphatic rings. The second-order valence-electron chi connectivity index (χ2n) is 8.32. The number of carbonyl (C=O) groups excluding carboxylic acids is 1. The van der Waals surface area contributed by atoms with E-state index in [0.29, 0.717) is 23.4 Å². The number of hydrogen-bond donors (Lipinski definition) is 2. The van der Waals surface area contributed by atoms with Crippen LogP contribution in [0.15, 0.2) is 65.5 Å². The fourth-order valence-corrected chi connectivity index (χ4v) is 5.11. The predicted octanol–water partition coefficient (Wildman–Crippen LogP) is 3.55. The first kappa shape index (κ1) is 22.4. The first-order valence-corrected chi connectivity index (χ1v) is 11.9. The van der Waals surface area contributed by atoms with Gasteiger partial charge in [-0.1, -0.05) is 30.3 Å². The molecule has 0 unspecified atom stereocenters. The van der Waals surface area contributed by atoms with E-state index >= 15 is 0 Å². The minimum atomic E-state index is -0.334. The Hall–Kier alpha value is -3.40. The van der Waals surface area contributed by atoms with Crippen LogP contribution in [-0.4, -0.2) is 58.4 Å². The maximum atomic E-state index is 13.0. The quantitative estimate of drug-likeness (QED) is 0.444. The first-order chi connectivity index (χ1) is 16.5. The van der Waals surface area contributed by atoms with E-state index < -0.39 is 0 Å². The van der Waals surface area contributed by atoms with Crippen LogP contribution in [0.3, 0.4) is 0 Å². The zero-order valence-corrected chi connectivity index (χ0v) is 19.3. The number of nitrogens with one attached hydrogen (secondary N) is 2. The lowest BCUT2D eigenvalue weighted by molar-refractivity contribution is -0.117. The van der Waals surface area contributed by atoms with Gasteiger partial charge in [-0.05, 0) is 35.9 Å². The van der Waals surface area contributed by atoms with E-state index in [1.807, 2.05) is 36.4 Å². The van der Waals surface area contributed by atoms with Gasteiger partial charge in [-0.2, -0.15) is 0 Å². The summed E-state index contributed by atoms with van der Waals surface area (Å²) in [7, 11) is 0. The van der Waals surface area contributed by atoms with E-state index in [-0.39, 0.29) is 23.8 Å². The lowest BCUT2D eigenvalue weighted by atomic mass is 10.2. The Kier molecular flexibility index (Phi) is 6.48. The second kappa shape index (κ2) is 9.84. The molecule has 2 aromatic heterocycles. The molecular weight excluding hydrogens is 453 g/mol. The number of hydrogen-bond acceptors (Lipinski definition) is 6. The SMILES string of the molecule is O=C(CN1CCN(Cc2nc3sc(-c4ccccc4)cc3c(=O)[nH]2)CC1)Nc1ccc(F)cc1. The molecule has 3 heterocycles. The number of rotatable bonds is 6. The number of fused-ring (bicyclic) bond motifs is 1. The lowest BCUT2D eigenvalue weighted by Crippen LogP contribution is -2.48. The van der Waals surface area contributed by atoms with Gasteiger partial charge in [0, 0.05) is 36.7 Å². The number of carbonyl (C=O) groups is 1. The Morgan fingerprint density at radius 1 is 1.03 bits per heavy atom. The van der Waals surface area contributed by atoms with Crippen LogP contribution in [-0.2, 0) is 11.3 Å². The number of amides is 1. The van der Waals surface area contributed by atoms with Crippen LogP contribution in [0.1, 0.15) is 5.82 Å². The van der Waals surface area contributed by atoms with Gasteiger partial charge in [0.1, 0.15) is 16.5 Å². The van der Waals surface area contributed by atoms with Crippen LogP contribution < -0.4 is 10.9 Å². The number of aromatic nitrogens is 2. The molecule has 1 saturated heterocycles. The summed E-state index contributed by atoms with van der Waals surface area (Å²) in [6.45, 7) is 3.85. The number of halogens is 1. The molecule has 1 aliphatic heterocycles.